The first kappa shape index (κ1) is 25.4. The Labute approximate surface area is 219 Å². The van der Waals surface area contributed by atoms with Crippen molar-refractivity contribution in [3.8, 4) is 17.6 Å². The average molecular weight is 568 g/mol. The zero-order chi connectivity index (χ0) is 25.8. The van der Waals surface area contributed by atoms with Gasteiger partial charge in [-0.25, -0.2) is 9.79 Å². The molecule has 184 valence electrons. The molecule has 10 heteroatoms. The topological polar surface area (TPSA) is 103 Å². The Hall–Kier alpha value is -3.68. The summed E-state index contributed by atoms with van der Waals surface area (Å²) in [7, 11) is 1.57. The van der Waals surface area contributed by atoms with E-state index in [4.69, 9.17) is 19.5 Å². The first-order valence-corrected chi connectivity index (χ1v) is 12.6. The Balaban J connectivity index is 1.87. The van der Waals surface area contributed by atoms with Crippen LogP contribution in [0.2, 0.25) is 0 Å². The van der Waals surface area contributed by atoms with Crippen LogP contribution in [0.4, 0.5) is 0 Å². The third-order valence-electron chi connectivity index (χ3n) is 5.49. The lowest BCUT2D eigenvalue weighted by atomic mass is 9.96. The smallest absolute Gasteiger partial charge is 0.338 e. The normalized spacial score (nSPS) is 15.1. The van der Waals surface area contributed by atoms with E-state index in [-0.39, 0.29) is 18.8 Å². The number of methoxy groups -OCH3 is 1. The lowest BCUT2D eigenvalue weighted by Gasteiger charge is -2.25. The fourth-order valence-corrected chi connectivity index (χ4v) is 5.49. The van der Waals surface area contributed by atoms with Gasteiger partial charge < -0.3 is 14.2 Å². The molecule has 0 saturated carbocycles. The van der Waals surface area contributed by atoms with E-state index in [1.54, 1.807) is 57.4 Å². The standard InChI is InChI=1S/C26H22BrN3O5S/c1-4-34-25(32)22-15(2)29-26-30(23(22)17-7-10-20(33-3)19(27)14-17)24(31)21(36-26)13-16-5-8-18(9-6-16)35-12-11-28/h5-10,13-14,23H,4,12H2,1-3H3/b21-13+/t23-/m1/s1. The summed E-state index contributed by atoms with van der Waals surface area (Å²) in [6, 6.07) is 13.7. The van der Waals surface area contributed by atoms with Gasteiger partial charge >= 0.3 is 5.97 Å². The number of fused-ring (bicyclic) bond motifs is 1. The number of carbonyl (C=O) groups excluding carboxylic acids is 1. The van der Waals surface area contributed by atoms with E-state index in [2.05, 4.69) is 20.9 Å². The Morgan fingerprint density at radius 3 is 2.67 bits per heavy atom. The lowest BCUT2D eigenvalue weighted by Crippen LogP contribution is -2.39. The van der Waals surface area contributed by atoms with E-state index >= 15 is 0 Å². The number of hydrogen-bond acceptors (Lipinski definition) is 8. The Morgan fingerprint density at radius 1 is 1.28 bits per heavy atom. The molecule has 0 fully saturated rings. The van der Waals surface area contributed by atoms with E-state index in [9.17, 15) is 9.59 Å². The van der Waals surface area contributed by atoms with Gasteiger partial charge in [0.05, 0.1) is 40.0 Å². The number of carbonyl (C=O) groups is 1. The predicted octanol–water partition coefficient (Wildman–Crippen LogP) is 3.47. The minimum absolute atomic E-state index is 0.0401. The lowest BCUT2D eigenvalue weighted by molar-refractivity contribution is -0.139. The van der Waals surface area contributed by atoms with Crippen LogP contribution in [0.25, 0.3) is 6.08 Å². The molecule has 2 heterocycles. The van der Waals surface area contributed by atoms with Crippen LogP contribution in [0.3, 0.4) is 0 Å². The summed E-state index contributed by atoms with van der Waals surface area (Å²) in [5.74, 6) is 0.680. The second-order valence-corrected chi connectivity index (χ2v) is 9.58. The summed E-state index contributed by atoms with van der Waals surface area (Å²) in [5.41, 5.74) is 2.04. The fourth-order valence-electron chi connectivity index (χ4n) is 3.89. The van der Waals surface area contributed by atoms with Crippen molar-refractivity contribution in [3.05, 3.63) is 89.0 Å². The minimum Gasteiger partial charge on any atom is -0.496 e. The van der Waals surface area contributed by atoms with Crippen molar-refractivity contribution in [2.45, 2.75) is 19.9 Å². The van der Waals surface area contributed by atoms with Crippen molar-refractivity contribution in [1.29, 1.82) is 5.26 Å². The Morgan fingerprint density at radius 2 is 2.03 bits per heavy atom. The molecule has 0 amide bonds. The molecule has 2 aromatic carbocycles. The number of allylic oxidation sites excluding steroid dienone is 1. The van der Waals surface area contributed by atoms with Crippen molar-refractivity contribution >= 4 is 39.3 Å². The van der Waals surface area contributed by atoms with Gasteiger partial charge in [-0.2, -0.15) is 5.26 Å². The van der Waals surface area contributed by atoms with Gasteiger partial charge in [0.1, 0.15) is 17.6 Å². The number of rotatable bonds is 7. The second-order valence-electron chi connectivity index (χ2n) is 7.71. The summed E-state index contributed by atoms with van der Waals surface area (Å²) in [6.07, 6.45) is 1.77. The van der Waals surface area contributed by atoms with Gasteiger partial charge in [0, 0.05) is 0 Å². The van der Waals surface area contributed by atoms with Gasteiger partial charge in [-0.1, -0.05) is 29.5 Å². The predicted molar refractivity (Wildman–Crippen MR) is 139 cm³/mol. The zero-order valence-electron chi connectivity index (χ0n) is 19.8. The van der Waals surface area contributed by atoms with Gasteiger partial charge in [0.15, 0.2) is 11.4 Å². The van der Waals surface area contributed by atoms with Gasteiger partial charge in [-0.3, -0.25) is 9.36 Å². The highest BCUT2D eigenvalue weighted by atomic mass is 79.9. The van der Waals surface area contributed by atoms with E-state index in [0.29, 0.717) is 42.1 Å². The highest BCUT2D eigenvalue weighted by Crippen LogP contribution is 2.35. The molecule has 0 bridgehead atoms. The summed E-state index contributed by atoms with van der Waals surface area (Å²) in [4.78, 5) is 31.7. The number of nitrogens with zero attached hydrogens (tertiary/aromatic N) is 3. The van der Waals surface area contributed by atoms with Crippen molar-refractivity contribution < 1.29 is 19.0 Å². The molecule has 1 aliphatic rings. The van der Waals surface area contributed by atoms with Crippen molar-refractivity contribution in [3.63, 3.8) is 0 Å². The number of nitriles is 1. The Kier molecular flexibility index (Phi) is 7.72. The number of aromatic nitrogens is 1. The van der Waals surface area contributed by atoms with Crippen LogP contribution < -0.4 is 24.4 Å². The van der Waals surface area contributed by atoms with Crippen molar-refractivity contribution in [2.75, 3.05) is 20.3 Å². The first-order valence-electron chi connectivity index (χ1n) is 11.0. The van der Waals surface area contributed by atoms with Crippen LogP contribution in [0, 0.1) is 11.3 Å². The highest BCUT2D eigenvalue weighted by Gasteiger charge is 2.33. The molecule has 0 saturated heterocycles. The second kappa shape index (κ2) is 10.9. The quantitative estimate of drug-likeness (QED) is 0.405. The monoisotopic (exact) mass is 567 g/mol. The molecule has 0 unspecified atom stereocenters. The van der Waals surface area contributed by atoms with Crippen LogP contribution in [-0.2, 0) is 9.53 Å². The summed E-state index contributed by atoms with van der Waals surface area (Å²) in [5, 5.41) is 8.67. The summed E-state index contributed by atoms with van der Waals surface area (Å²) < 4.78 is 18.7. The molecule has 0 radical (unpaired) electrons. The molecular formula is C26H22BrN3O5S. The molecule has 0 N–H and O–H groups in total. The molecule has 1 aromatic heterocycles. The number of benzene rings is 2. The maximum absolute atomic E-state index is 13.7. The molecule has 3 aromatic rings. The van der Waals surface area contributed by atoms with E-state index in [0.717, 1.165) is 5.56 Å². The summed E-state index contributed by atoms with van der Waals surface area (Å²) in [6.45, 7) is 3.64. The first-order chi connectivity index (χ1) is 17.4. The molecule has 4 rings (SSSR count). The maximum atomic E-state index is 13.7. The molecule has 1 aliphatic heterocycles. The minimum atomic E-state index is -0.716. The Bertz CT molecular complexity index is 1560. The maximum Gasteiger partial charge on any atom is 0.338 e. The average Bonchev–Trinajstić information content (AvgIpc) is 3.17. The summed E-state index contributed by atoms with van der Waals surface area (Å²) >= 11 is 4.75. The van der Waals surface area contributed by atoms with E-state index in [1.807, 2.05) is 18.2 Å². The molecule has 0 spiro atoms. The molecule has 36 heavy (non-hydrogen) atoms. The van der Waals surface area contributed by atoms with Crippen LogP contribution in [0.5, 0.6) is 11.5 Å². The highest BCUT2D eigenvalue weighted by molar-refractivity contribution is 9.10. The van der Waals surface area contributed by atoms with E-state index in [1.165, 1.54) is 15.9 Å². The van der Waals surface area contributed by atoms with Crippen LogP contribution in [-0.4, -0.2) is 30.9 Å². The molecule has 1 atom stereocenters. The zero-order valence-corrected chi connectivity index (χ0v) is 22.2. The number of hydrogen-bond donors (Lipinski definition) is 0. The van der Waals surface area contributed by atoms with Crippen LogP contribution in [0.1, 0.15) is 31.0 Å². The number of ether oxygens (including phenoxy) is 3. The van der Waals surface area contributed by atoms with Crippen LogP contribution >= 0.6 is 27.3 Å². The van der Waals surface area contributed by atoms with Gasteiger partial charge in [-0.05, 0) is 71.2 Å². The molecule has 0 aliphatic carbocycles. The van der Waals surface area contributed by atoms with E-state index < -0.39 is 12.0 Å². The number of thiazole rings is 1. The number of halogens is 1. The van der Waals surface area contributed by atoms with Crippen LogP contribution in [0.15, 0.2) is 68.0 Å². The third-order valence-corrected chi connectivity index (χ3v) is 7.09. The van der Waals surface area contributed by atoms with Gasteiger partial charge in [0.25, 0.3) is 5.56 Å². The molecular weight excluding hydrogens is 546 g/mol. The largest absolute Gasteiger partial charge is 0.496 e. The van der Waals surface area contributed by atoms with Crippen molar-refractivity contribution in [2.24, 2.45) is 4.99 Å². The van der Waals surface area contributed by atoms with Gasteiger partial charge in [-0.15, -0.1) is 0 Å². The van der Waals surface area contributed by atoms with Crippen molar-refractivity contribution in [1.82, 2.24) is 4.57 Å². The molecule has 8 nitrogen and oxygen atoms in total. The number of esters is 1. The third kappa shape index (κ3) is 4.98. The fraction of sp³-hybridized carbons (Fsp3) is 0.231. The SMILES string of the molecule is CCOC(=O)C1=C(C)N=c2s/c(=C/c3ccc(OCC#N)cc3)c(=O)n2[C@@H]1c1ccc(OC)c(Br)c1. The van der Waals surface area contributed by atoms with Gasteiger partial charge in [0.2, 0.25) is 0 Å².